The van der Waals surface area contributed by atoms with Crippen molar-refractivity contribution in [3.63, 3.8) is 0 Å². The average molecular weight is 402 g/mol. The van der Waals surface area contributed by atoms with Gasteiger partial charge in [0, 0.05) is 5.56 Å². The Kier molecular flexibility index (Phi) is 6.11. The molecule has 2 aromatic carbocycles. The number of hydrogen-bond acceptors (Lipinski definition) is 4. The molecular formula is C17H17F3N2O4S. The van der Waals surface area contributed by atoms with Gasteiger partial charge >= 0.3 is 6.18 Å². The van der Waals surface area contributed by atoms with Gasteiger partial charge in [0.25, 0.3) is 15.9 Å². The average Bonchev–Trinajstić information content (AvgIpc) is 2.59. The highest BCUT2D eigenvalue weighted by molar-refractivity contribution is 7.89. The predicted molar refractivity (Wildman–Crippen MR) is 91.4 cm³/mol. The number of nitrogens with one attached hydrogen (secondary N) is 2. The Morgan fingerprint density at radius 1 is 1.04 bits per heavy atom. The highest BCUT2D eigenvalue weighted by Crippen LogP contribution is 2.33. The molecule has 0 saturated carbocycles. The van der Waals surface area contributed by atoms with Gasteiger partial charge in [-0.3, -0.25) is 10.2 Å². The SMILES string of the molecule is CC(C)Oc1ccc(C(=O)NNS(=O)(=O)c2ccccc2C(F)(F)F)cc1. The third-order valence-corrected chi connectivity index (χ3v) is 4.58. The standard InChI is InChI=1S/C17H17F3N2O4S/c1-11(2)26-13-9-7-12(8-10-13)16(23)21-22-27(24,25)15-6-4-3-5-14(15)17(18,19)20/h3-11,22H,1-2H3,(H,21,23). The molecule has 2 N–H and O–H groups in total. The summed E-state index contributed by atoms with van der Waals surface area (Å²) >= 11 is 0. The van der Waals surface area contributed by atoms with E-state index in [1.165, 1.54) is 24.3 Å². The minimum Gasteiger partial charge on any atom is -0.491 e. The van der Waals surface area contributed by atoms with Gasteiger partial charge < -0.3 is 4.74 Å². The summed E-state index contributed by atoms with van der Waals surface area (Å²) in [6.45, 7) is 3.66. The molecule has 2 aromatic rings. The normalized spacial score (nSPS) is 12.1. The molecule has 0 radical (unpaired) electrons. The maximum absolute atomic E-state index is 13.0. The van der Waals surface area contributed by atoms with Crippen molar-refractivity contribution in [3.05, 3.63) is 59.7 Å². The zero-order valence-corrected chi connectivity index (χ0v) is 15.2. The Morgan fingerprint density at radius 3 is 2.19 bits per heavy atom. The molecule has 0 heterocycles. The molecule has 0 atom stereocenters. The molecule has 27 heavy (non-hydrogen) atoms. The largest absolute Gasteiger partial charge is 0.491 e. The van der Waals surface area contributed by atoms with Crippen LogP contribution >= 0.6 is 0 Å². The lowest BCUT2D eigenvalue weighted by Gasteiger charge is -2.14. The summed E-state index contributed by atoms with van der Waals surface area (Å²) in [6, 6.07) is 9.49. The van der Waals surface area contributed by atoms with Crippen LogP contribution < -0.4 is 15.0 Å². The van der Waals surface area contributed by atoms with Crippen molar-refractivity contribution in [3.8, 4) is 5.75 Å². The van der Waals surface area contributed by atoms with Gasteiger partial charge in [-0.25, -0.2) is 8.42 Å². The zero-order valence-electron chi connectivity index (χ0n) is 14.4. The number of hydrogen-bond donors (Lipinski definition) is 2. The third kappa shape index (κ3) is 5.44. The summed E-state index contributed by atoms with van der Waals surface area (Å²) in [4.78, 5) is 12.7. The van der Waals surface area contributed by atoms with Gasteiger partial charge in [0.05, 0.1) is 16.6 Å². The van der Waals surface area contributed by atoms with Gasteiger partial charge in [0.1, 0.15) is 5.75 Å². The van der Waals surface area contributed by atoms with Crippen molar-refractivity contribution in [2.24, 2.45) is 0 Å². The molecule has 10 heteroatoms. The lowest BCUT2D eigenvalue weighted by molar-refractivity contribution is -0.139. The number of hydrazine groups is 1. The van der Waals surface area contributed by atoms with Crippen LogP contribution in [0.4, 0.5) is 13.2 Å². The van der Waals surface area contributed by atoms with Gasteiger partial charge in [-0.15, -0.1) is 4.83 Å². The molecule has 0 unspecified atom stereocenters. The summed E-state index contributed by atoms with van der Waals surface area (Å²) in [6.07, 6.45) is -4.92. The van der Waals surface area contributed by atoms with Crippen LogP contribution in [0.25, 0.3) is 0 Å². The number of sulfonamides is 1. The summed E-state index contributed by atoms with van der Waals surface area (Å²) < 4.78 is 68.7. The number of alkyl halides is 3. The lowest BCUT2D eigenvalue weighted by Crippen LogP contribution is -2.42. The van der Waals surface area contributed by atoms with Crippen molar-refractivity contribution in [2.45, 2.75) is 31.0 Å². The first kappa shape index (κ1) is 20.7. The number of benzene rings is 2. The predicted octanol–water partition coefficient (Wildman–Crippen LogP) is 3.12. The van der Waals surface area contributed by atoms with E-state index in [9.17, 15) is 26.4 Å². The van der Waals surface area contributed by atoms with Crippen molar-refractivity contribution >= 4 is 15.9 Å². The zero-order chi connectivity index (χ0) is 20.2. The third-order valence-electron chi connectivity index (χ3n) is 3.27. The molecule has 146 valence electrons. The van der Waals surface area contributed by atoms with Crippen LogP contribution in [0.15, 0.2) is 53.4 Å². The van der Waals surface area contributed by atoms with Crippen molar-refractivity contribution in [2.75, 3.05) is 0 Å². The van der Waals surface area contributed by atoms with Gasteiger partial charge in [-0.2, -0.15) is 13.2 Å². The lowest BCUT2D eigenvalue weighted by atomic mass is 10.2. The van der Waals surface area contributed by atoms with E-state index >= 15 is 0 Å². The minimum atomic E-state index is -4.86. The van der Waals surface area contributed by atoms with Crippen molar-refractivity contribution in [1.29, 1.82) is 0 Å². The van der Waals surface area contributed by atoms with E-state index in [1.54, 1.807) is 4.83 Å². The Hall–Kier alpha value is -2.59. The molecule has 0 saturated heterocycles. The number of ether oxygens (including phenoxy) is 1. The first-order valence-electron chi connectivity index (χ1n) is 7.76. The summed E-state index contributed by atoms with van der Waals surface area (Å²) in [5, 5.41) is 0. The summed E-state index contributed by atoms with van der Waals surface area (Å²) in [5.41, 5.74) is 0.655. The van der Waals surface area contributed by atoms with E-state index in [4.69, 9.17) is 4.74 Å². The van der Waals surface area contributed by atoms with Gasteiger partial charge in [-0.05, 0) is 50.2 Å². The van der Waals surface area contributed by atoms with Crippen molar-refractivity contribution in [1.82, 2.24) is 10.3 Å². The van der Waals surface area contributed by atoms with E-state index < -0.39 is 32.6 Å². The maximum atomic E-state index is 13.0. The van der Waals surface area contributed by atoms with Gasteiger partial charge in [0.15, 0.2) is 0 Å². The van der Waals surface area contributed by atoms with E-state index in [0.717, 1.165) is 18.2 Å². The molecule has 1 amide bonds. The second kappa shape index (κ2) is 7.97. The van der Waals surface area contributed by atoms with Gasteiger partial charge in [-0.1, -0.05) is 12.1 Å². The highest BCUT2D eigenvalue weighted by Gasteiger charge is 2.36. The Bertz CT molecular complexity index is 911. The van der Waals surface area contributed by atoms with Crippen LogP contribution in [-0.2, 0) is 16.2 Å². The van der Waals surface area contributed by atoms with Crippen LogP contribution in [0.1, 0.15) is 29.8 Å². The smallest absolute Gasteiger partial charge is 0.417 e. The molecule has 6 nitrogen and oxygen atoms in total. The quantitative estimate of drug-likeness (QED) is 0.728. The van der Waals surface area contributed by atoms with Crippen LogP contribution in [-0.4, -0.2) is 20.4 Å². The second-order valence-corrected chi connectivity index (χ2v) is 7.40. The molecule has 0 spiro atoms. The monoisotopic (exact) mass is 402 g/mol. The van der Waals surface area contributed by atoms with E-state index in [1.807, 2.05) is 19.3 Å². The van der Waals surface area contributed by atoms with Crippen molar-refractivity contribution < 1.29 is 31.1 Å². The fraction of sp³-hybridized carbons (Fsp3) is 0.235. The number of halogens is 3. The van der Waals surface area contributed by atoms with E-state index in [0.29, 0.717) is 11.8 Å². The molecule has 0 aliphatic rings. The van der Waals surface area contributed by atoms with Crippen LogP contribution in [0, 0.1) is 0 Å². The second-order valence-electron chi connectivity index (χ2n) is 5.74. The topological polar surface area (TPSA) is 84.5 Å². The van der Waals surface area contributed by atoms with E-state index in [2.05, 4.69) is 0 Å². The highest BCUT2D eigenvalue weighted by atomic mass is 32.2. The number of carbonyl (C=O) groups excluding carboxylic acids is 1. The first-order chi connectivity index (χ1) is 12.5. The first-order valence-corrected chi connectivity index (χ1v) is 9.24. The molecule has 2 rings (SSSR count). The Balaban J connectivity index is 2.13. The van der Waals surface area contributed by atoms with Crippen LogP contribution in [0.2, 0.25) is 0 Å². The molecule has 0 aliphatic carbocycles. The van der Waals surface area contributed by atoms with Gasteiger partial charge in [0.2, 0.25) is 0 Å². The number of carbonyl (C=O) groups is 1. The van der Waals surface area contributed by atoms with Crippen LogP contribution in [0.3, 0.4) is 0 Å². The molecular weight excluding hydrogens is 385 g/mol. The Morgan fingerprint density at radius 2 is 1.63 bits per heavy atom. The fourth-order valence-electron chi connectivity index (χ4n) is 2.13. The summed E-state index contributed by atoms with van der Waals surface area (Å²) in [5.74, 6) is -0.319. The fourth-order valence-corrected chi connectivity index (χ4v) is 3.20. The molecule has 0 bridgehead atoms. The number of amides is 1. The summed E-state index contributed by atoms with van der Waals surface area (Å²) in [7, 11) is -4.63. The molecule has 0 aromatic heterocycles. The van der Waals surface area contributed by atoms with E-state index in [-0.39, 0.29) is 11.7 Å². The van der Waals surface area contributed by atoms with Crippen LogP contribution in [0.5, 0.6) is 5.75 Å². The molecule has 0 fully saturated rings. The minimum absolute atomic E-state index is 0.0646. The Labute approximate surface area is 154 Å². The molecule has 0 aliphatic heterocycles. The maximum Gasteiger partial charge on any atom is 0.417 e. The number of rotatable bonds is 6.